The Hall–Kier alpha value is -0.120. The molecular weight excluding hydrogens is 236 g/mol. The average molecular weight is 270 g/mol. The van der Waals surface area contributed by atoms with Crippen LogP contribution in [0.4, 0.5) is 0 Å². The Morgan fingerprint density at radius 2 is 1.79 bits per heavy atom. The second-order valence-electron chi connectivity index (χ2n) is 7.54. The van der Waals surface area contributed by atoms with E-state index in [4.69, 9.17) is 0 Å². The minimum absolute atomic E-state index is 0.251. The minimum atomic E-state index is -0.251. The van der Waals surface area contributed by atoms with E-state index in [-0.39, 0.29) is 6.10 Å². The van der Waals surface area contributed by atoms with Crippen LogP contribution < -0.4 is 5.32 Å². The number of hydrogen-bond donors (Lipinski definition) is 2. The summed E-state index contributed by atoms with van der Waals surface area (Å²) >= 11 is 0. The fourth-order valence-corrected chi connectivity index (χ4v) is 2.91. The van der Waals surface area contributed by atoms with Gasteiger partial charge in [0.1, 0.15) is 0 Å². The highest BCUT2D eigenvalue weighted by molar-refractivity contribution is 4.83. The summed E-state index contributed by atoms with van der Waals surface area (Å²) in [6, 6.07) is 0.660. The summed E-state index contributed by atoms with van der Waals surface area (Å²) in [5.74, 6) is 0.644. The van der Waals surface area contributed by atoms with Gasteiger partial charge in [-0.15, -0.1) is 0 Å². The largest absolute Gasteiger partial charge is 0.390 e. The van der Waals surface area contributed by atoms with Gasteiger partial charge in [-0.05, 0) is 50.6 Å². The van der Waals surface area contributed by atoms with Crippen molar-refractivity contribution in [3.05, 3.63) is 0 Å². The van der Waals surface area contributed by atoms with Gasteiger partial charge < -0.3 is 15.3 Å². The highest BCUT2D eigenvalue weighted by Gasteiger charge is 2.29. The van der Waals surface area contributed by atoms with Gasteiger partial charge >= 0.3 is 0 Å². The van der Waals surface area contributed by atoms with Crippen LogP contribution in [0.3, 0.4) is 0 Å². The standard InChI is InChI=1S/C16H34N2O/c1-13(2)10-17-11-15(19)12-18(5)14-6-8-16(3,4)9-7-14/h13-15,17,19H,6-12H2,1-5H3. The molecular formula is C16H34N2O. The van der Waals surface area contributed by atoms with Crippen molar-refractivity contribution in [1.82, 2.24) is 10.2 Å². The molecule has 1 unspecified atom stereocenters. The molecule has 0 radical (unpaired) electrons. The van der Waals surface area contributed by atoms with Crippen LogP contribution in [-0.2, 0) is 0 Å². The van der Waals surface area contributed by atoms with Crippen molar-refractivity contribution in [2.45, 2.75) is 65.5 Å². The Kier molecular flexibility index (Phi) is 6.78. The maximum absolute atomic E-state index is 10.1. The monoisotopic (exact) mass is 270 g/mol. The van der Waals surface area contributed by atoms with E-state index in [9.17, 15) is 5.11 Å². The van der Waals surface area contributed by atoms with E-state index in [0.717, 1.165) is 13.1 Å². The molecule has 0 aromatic heterocycles. The number of likely N-dealkylation sites (N-methyl/N-ethyl adjacent to an activating group) is 1. The molecule has 1 aliphatic rings. The number of hydrogen-bond acceptors (Lipinski definition) is 3. The average Bonchev–Trinajstić information content (AvgIpc) is 2.27. The molecule has 1 rings (SSSR count). The molecule has 3 heteroatoms. The maximum atomic E-state index is 10.1. The molecule has 0 bridgehead atoms. The molecule has 114 valence electrons. The molecule has 0 amide bonds. The lowest BCUT2D eigenvalue weighted by molar-refractivity contribution is 0.0719. The Labute approximate surface area is 119 Å². The fourth-order valence-electron chi connectivity index (χ4n) is 2.91. The van der Waals surface area contributed by atoms with E-state index in [2.05, 4.69) is 45.0 Å². The van der Waals surface area contributed by atoms with Crippen molar-refractivity contribution in [2.75, 3.05) is 26.7 Å². The molecule has 2 N–H and O–H groups in total. The second kappa shape index (κ2) is 7.61. The number of aliphatic hydroxyl groups is 1. The first-order valence-electron chi connectivity index (χ1n) is 7.89. The fraction of sp³-hybridized carbons (Fsp3) is 1.00. The second-order valence-corrected chi connectivity index (χ2v) is 7.54. The van der Waals surface area contributed by atoms with Gasteiger partial charge in [0.2, 0.25) is 0 Å². The van der Waals surface area contributed by atoms with Crippen LogP contribution in [0.1, 0.15) is 53.4 Å². The minimum Gasteiger partial charge on any atom is -0.390 e. The zero-order valence-electron chi connectivity index (χ0n) is 13.6. The molecule has 0 heterocycles. The molecule has 1 aliphatic carbocycles. The first kappa shape index (κ1) is 16.9. The van der Waals surface area contributed by atoms with Crippen molar-refractivity contribution in [3.63, 3.8) is 0 Å². The van der Waals surface area contributed by atoms with Crippen molar-refractivity contribution in [3.8, 4) is 0 Å². The molecule has 19 heavy (non-hydrogen) atoms. The first-order valence-corrected chi connectivity index (χ1v) is 7.89. The zero-order chi connectivity index (χ0) is 14.5. The molecule has 0 aromatic rings. The summed E-state index contributed by atoms with van der Waals surface area (Å²) in [5.41, 5.74) is 0.523. The molecule has 1 saturated carbocycles. The van der Waals surface area contributed by atoms with Gasteiger partial charge in [-0.3, -0.25) is 0 Å². The van der Waals surface area contributed by atoms with Gasteiger partial charge in [0.25, 0.3) is 0 Å². The SMILES string of the molecule is CC(C)CNCC(O)CN(C)C1CCC(C)(C)CC1. The van der Waals surface area contributed by atoms with Gasteiger partial charge in [0.15, 0.2) is 0 Å². The van der Waals surface area contributed by atoms with Gasteiger partial charge in [0.05, 0.1) is 6.10 Å². The van der Waals surface area contributed by atoms with Crippen LogP contribution in [0.25, 0.3) is 0 Å². The molecule has 0 spiro atoms. The lowest BCUT2D eigenvalue weighted by Crippen LogP contribution is -2.43. The summed E-state index contributed by atoms with van der Waals surface area (Å²) in [6.45, 7) is 11.6. The topological polar surface area (TPSA) is 35.5 Å². The van der Waals surface area contributed by atoms with E-state index in [1.165, 1.54) is 25.7 Å². The Morgan fingerprint density at radius 1 is 1.21 bits per heavy atom. The third-order valence-corrected chi connectivity index (χ3v) is 4.36. The Morgan fingerprint density at radius 3 is 2.32 bits per heavy atom. The van der Waals surface area contributed by atoms with E-state index in [1.807, 2.05) is 0 Å². The molecule has 1 fully saturated rings. The smallest absolute Gasteiger partial charge is 0.0791 e. The normalized spacial score (nSPS) is 22.1. The number of nitrogens with one attached hydrogen (secondary N) is 1. The van der Waals surface area contributed by atoms with Crippen molar-refractivity contribution in [2.24, 2.45) is 11.3 Å². The van der Waals surface area contributed by atoms with Crippen molar-refractivity contribution < 1.29 is 5.11 Å². The van der Waals surface area contributed by atoms with E-state index >= 15 is 0 Å². The first-order chi connectivity index (χ1) is 8.80. The van der Waals surface area contributed by atoms with Gasteiger partial charge in [-0.1, -0.05) is 27.7 Å². The van der Waals surface area contributed by atoms with Crippen LogP contribution in [0.15, 0.2) is 0 Å². The summed E-state index contributed by atoms with van der Waals surface area (Å²) < 4.78 is 0. The lowest BCUT2D eigenvalue weighted by Gasteiger charge is -2.39. The molecule has 1 atom stereocenters. The molecule has 0 saturated heterocycles. The van der Waals surface area contributed by atoms with Gasteiger partial charge in [-0.2, -0.15) is 0 Å². The third kappa shape index (κ3) is 6.73. The van der Waals surface area contributed by atoms with Crippen molar-refractivity contribution in [1.29, 1.82) is 0 Å². The number of nitrogens with zero attached hydrogens (tertiary/aromatic N) is 1. The summed E-state index contributed by atoms with van der Waals surface area (Å²) in [4.78, 5) is 2.36. The van der Waals surface area contributed by atoms with Gasteiger partial charge in [-0.25, -0.2) is 0 Å². The predicted octanol–water partition coefficient (Wildman–Crippen LogP) is 2.49. The van der Waals surface area contributed by atoms with Crippen LogP contribution in [0.5, 0.6) is 0 Å². The summed E-state index contributed by atoms with van der Waals surface area (Å²) in [5, 5.41) is 13.4. The van der Waals surface area contributed by atoms with Crippen LogP contribution >= 0.6 is 0 Å². The predicted molar refractivity (Wildman–Crippen MR) is 82.4 cm³/mol. The van der Waals surface area contributed by atoms with Gasteiger partial charge in [0, 0.05) is 19.1 Å². The van der Waals surface area contributed by atoms with E-state index in [0.29, 0.717) is 23.9 Å². The molecule has 3 nitrogen and oxygen atoms in total. The van der Waals surface area contributed by atoms with Crippen LogP contribution in [-0.4, -0.2) is 48.8 Å². The highest BCUT2D eigenvalue weighted by Crippen LogP contribution is 2.36. The maximum Gasteiger partial charge on any atom is 0.0791 e. The number of aliphatic hydroxyl groups excluding tert-OH is 1. The van der Waals surface area contributed by atoms with Crippen LogP contribution in [0, 0.1) is 11.3 Å². The molecule has 0 aromatic carbocycles. The zero-order valence-corrected chi connectivity index (χ0v) is 13.6. The Balaban J connectivity index is 2.21. The summed E-state index contributed by atoms with van der Waals surface area (Å²) in [6.07, 6.45) is 4.91. The number of rotatable bonds is 7. The van der Waals surface area contributed by atoms with E-state index in [1.54, 1.807) is 0 Å². The quantitative estimate of drug-likeness (QED) is 0.746. The third-order valence-electron chi connectivity index (χ3n) is 4.36. The molecule has 0 aliphatic heterocycles. The summed E-state index contributed by atoms with van der Waals surface area (Å²) in [7, 11) is 2.16. The highest BCUT2D eigenvalue weighted by atomic mass is 16.3. The van der Waals surface area contributed by atoms with E-state index < -0.39 is 0 Å². The Bertz CT molecular complexity index is 243. The van der Waals surface area contributed by atoms with Crippen molar-refractivity contribution >= 4 is 0 Å². The lowest BCUT2D eigenvalue weighted by atomic mass is 9.75. The van der Waals surface area contributed by atoms with Crippen LogP contribution in [0.2, 0.25) is 0 Å².